The molecule has 0 N–H and O–H groups in total. The van der Waals surface area contributed by atoms with Gasteiger partial charge in [-0.25, -0.2) is 56.3 Å². The molecule has 0 radical (unpaired) electrons. The molecule has 36 heavy (non-hydrogen) atoms. The Morgan fingerprint density at radius 3 is 0.556 bits per heavy atom. The fourth-order valence-electron chi connectivity index (χ4n) is 4.39. The molecule has 4 heterocycles. The van der Waals surface area contributed by atoms with Crippen LogP contribution in [0.5, 0.6) is 0 Å². The Morgan fingerprint density at radius 2 is 0.417 bits per heavy atom. The van der Waals surface area contributed by atoms with Crippen molar-refractivity contribution in [2.45, 2.75) is 0 Å². The highest BCUT2D eigenvalue weighted by Crippen LogP contribution is 2.33. The third-order valence-corrected chi connectivity index (χ3v) is 5.92. The summed E-state index contributed by atoms with van der Waals surface area (Å²) in [4.78, 5) is 24.5. The Hall–Kier alpha value is -4.74. The molecule has 6 bridgehead atoms. The number of rotatable bonds is 0. The van der Waals surface area contributed by atoms with Crippen molar-refractivity contribution in [2.24, 2.45) is 30.0 Å². The van der Waals surface area contributed by atoms with Crippen LogP contribution in [0.2, 0.25) is 0 Å². The normalized spacial score (nSPS) is 16.5. The van der Waals surface area contributed by atoms with E-state index < -0.39 is 103 Å². The standard InChI is InChI=1S/C24H6F6N6/c25-7-1-2-8(26)14-13(7)19-31-20(14)35-22-17-11(29)5-6-12(30)18(17)24(33-22)36-23-16-10(28)4-3-9(27)15(16)21(32-23)34-19/h1-6H. The Balaban J connectivity index is 1.64. The maximum absolute atomic E-state index is 14.9. The molecule has 7 rings (SSSR count). The van der Waals surface area contributed by atoms with Crippen LogP contribution in [-0.2, 0) is 0 Å². The first kappa shape index (κ1) is 20.6. The van der Waals surface area contributed by atoms with Gasteiger partial charge in [-0.3, -0.25) is 0 Å². The molecule has 12 heteroatoms. The van der Waals surface area contributed by atoms with Gasteiger partial charge in [0, 0.05) is 0 Å². The first-order valence-electron chi connectivity index (χ1n) is 10.3. The monoisotopic (exact) mass is 492 g/mol. The smallest absolute Gasteiger partial charge is 0.167 e. The van der Waals surface area contributed by atoms with Gasteiger partial charge in [0.25, 0.3) is 0 Å². The lowest BCUT2D eigenvalue weighted by atomic mass is 10.1. The van der Waals surface area contributed by atoms with E-state index in [0.717, 1.165) is 36.4 Å². The molecule has 6 nitrogen and oxygen atoms in total. The zero-order chi connectivity index (χ0) is 24.9. The predicted octanol–water partition coefficient (Wildman–Crippen LogP) is 4.46. The highest BCUT2D eigenvalue weighted by Gasteiger charge is 2.37. The van der Waals surface area contributed by atoms with Crippen molar-refractivity contribution in [3.63, 3.8) is 0 Å². The van der Waals surface area contributed by atoms with Gasteiger partial charge >= 0.3 is 0 Å². The van der Waals surface area contributed by atoms with Gasteiger partial charge < -0.3 is 0 Å². The summed E-state index contributed by atoms with van der Waals surface area (Å²) in [5.41, 5.74) is -2.49. The molecule has 174 valence electrons. The fraction of sp³-hybridized carbons (Fsp3) is 0. The first-order chi connectivity index (χ1) is 17.3. The second-order valence-corrected chi connectivity index (χ2v) is 7.95. The largest absolute Gasteiger partial charge is 0.208 e. The maximum atomic E-state index is 14.9. The van der Waals surface area contributed by atoms with E-state index in [1.165, 1.54) is 0 Å². The van der Waals surface area contributed by atoms with Crippen LogP contribution in [0.4, 0.5) is 26.3 Å². The summed E-state index contributed by atoms with van der Waals surface area (Å²) in [6, 6.07) is 5.01. The van der Waals surface area contributed by atoms with Gasteiger partial charge in [0.1, 0.15) is 34.9 Å². The van der Waals surface area contributed by atoms with Crippen LogP contribution in [0.3, 0.4) is 0 Å². The number of aliphatic imine (C=N–C) groups is 6. The van der Waals surface area contributed by atoms with Gasteiger partial charge in [-0.1, -0.05) is 0 Å². The Labute approximate surface area is 196 Å². The van der Waals surface area contributed by atoms with Crippen LogP contribution < -0.4 is 0 Å². The number of benzene rings is 3. The minimum Gasteiger partial charge on any atom is -0.208 e. The molecule has 0 spiro atoms. The van der Waals surface area contributed by atoms with Crippen LogP contribution in [-0.4, -0.2) is 35.0 Å². The summed E-state index contributed by atoms with van der Waals surface area (Å²) in [5.74, 6) is -8.18. The maximum Gasteiger partial charge on any atom is 0.167 e. The highest BCUT2D eigenvalue weighted by molar-refractivity contribution is 6.35. The van der Waals surface area contributed by atoms with E-state index in [4.69, 9.17) is 0 Å². The van der Waals surface area contributed by atoms with Gasteiger partial charge in [0.2, 0.25) is 0 Å². The highest BCUT2D eigenvalue weighted by atomic mass is 19.1. The molecule has 4 aliphatic heterocycles. The zero-order valence-corrected chi connectivity index (χ0v) is 17.4. The quantitative estimate of drug-likeness (QED) is 0.416. The van der Waals surface area contributed by atoms with Crippen molar-refractivity contribution in [1.29, 1.82) is 0 Å². The SMILES string of the molecule is Fc1ccc(F)c2c1C1=NC2=NC2=NC(=NC3=NC(=N1)c1c(F)ccc(F)c13)c1c(F)ccc(F)c12. The first-order valence-corrected chi connectivity index (χ1v) is 10.3. The van der Waals surface area contributed by atoms with Crippen molar-refractivity contribution in [3.05, 3.63) is 105 Å². The third-order valence-electron chi connectivity index (χ3n) is 5.92. The molecule has 3 aromatic carbocycles. The van der Waals surface area contributed by atoms with Crippen molar-refractivity contribution in [1.82, 2.24) is 0 Å². The van der Waals surface area contributed by atoms with Crippen LogP contribution >= 0.6 is 0 Å². The summed E-state index contributed by atoms with van der Waals surface area (Å²) in [7, 11) is 0. The molecule has 4 aliphatic rings. The van der Waals surface area contributed by atoms with Gasteiger partial charge in [-0.15, -0.1) is 0 Å². The predicted molar refractivity (Wildman–Crippen MR) is 118 cm³/mol. The summed E-state index contributed by atoms with van der Waals surface area (Å²) < 4.78 is 89.1. The van der Waals surface area contributed by atoms with Crippen LogP contribution in [0, 0.1) is 34.9 Å². The zero-order valence-electron chi connectivity index (χ0n) is 17.4. The summed E-state index contributed by atoms with van der Waals surface area (Å²) in [5, 5.41) is 0. The molecule has 0 aromatic heterocycles. The van der Waals surface area contributed by atoms with Gasteiger partial charge in [0.05, 0.1) is 33.4 Å². The Morgan fingerprint density at radius 1 is 0.278 bits per heavy atom. The molecular formula is C24H6F6N6. The number of halogens is 6. The molecule has 0 fully saturated rings. The second-order valence-electron chi connectivity index (χ2n) is 7.95. The summed E-state index contributed by atoms with van der Waals surface area (Å²) in [6.07, 6.45) is 0. The molecule has 0 saturated heterocycles. The van der Waals surface area contributed by atoms with Crippen LogP contribution in [0.15, 0.2) is 66.4 Å². The van der Waals surface area contributed by atoms with Crippen molar-refractivity contribution >= 4 is 35.0 Å². The van der Waals surface area contributed by atoms with E-state index in [0.29, 0.717) is 0 Å². The van der Waals surface area contributed by atoms with Crippen LogP contribution in [0.1, 0.15) is 33.4 Å². The van der Waals surface area contributed by atoms with Gasteiger partial charge in [-0.2, -0.15) is 0 Å². The molecule has 0 amide bonds. The summed E-state index contributed by atoms with van der Waals surface area (Å²) in [6.45, 7) is 0. The minimum atomic E-state index is -0.931. The second kappa shape index (κ2) is 6.90. The van der Waals surface area contributed by atoms with Crippen molar-refractivity contribution in [2.75, 3.05) is 0 Å². The lowest BCUT2D eigenvalue weighted by Crippen LogP contribution is -2.08. The van der Waals surface area contributed by atoms with E-state index in [9.17, 15) is 26.3 Å². The van der Waals surface area contributed by atoms with E-state index in [-0.39, 0.29) is 0 Å². The van der Waals surface area contributed by atoms with Crippen molar-refractivity contribution < 1.29 is 26.3 Å². The molecule has 0 saturated carbocycles. The number of nitrogens with zero attached hydrogens (tertiary/aromatic N) is 6. The molecule has 0 aliphatic carbocycles. The number of fused-ring (bicyclic) bond motifs is 12. The molecule has 0 unspecified atom stereocenters. The number of hydrogen-bond donors (Lipinski definition) is 0. The molecule has 0 atom stereocenters. The Bertz CT molecular complexity index is 1580. The topological polar surface area (TPSA) is 74.2 Å². The molecular weight excluding hydrogens is 486 g/mol. The average molecular weight is 492 g/mol. The van der Waals surface area contributed by atoms with E-state index in [1.807, 2.05) is 0 Å². The lowest BCUT2D eigenvalue weighted by Gasteiger charge is -2.05. The van der Waals surface area contributed by atoms with Gasteiger partial charge in [0.15, 0.2) is 35.0 Å². The fourth-order valence-corrected chi connectivity index (χ4v) is 4.39. The van der Waals surface area contributed by atoms with E-state index in [1.54, 1.807) is 0 Å². The number of amidine groups is 6. The van der Waals surface area contributed by atoms with Gasteiger partial charge in [-0.05, 0) is 36.4 Å². The van der Waals surface area contributed by atoms with E-state index >= 15 is 0 Å². The summed E-state index contributed by atoms with van der Waals surface area (Å²) >= 11 is 0. The van der Waals surface area contributed by atoms with Crippen molar-refractivity contribution in [3.8, 4) is 0 Å². The Kier molecular flexibility index (Phi) is 3.95. The number of hydrogen-bond acceptors (Lipinski definition) is 6. The lowest BCUT2D eigenvalue weighted by molar-refractivity contribution is 0.596. The third kappa shape index (κ3) is 2.63. The molecule has 3 aromatic rings. The van der Waals surface area contributed by atoms with E-state index in [2.05, 4.69) is 30.0 Å². The van der Waals surface area contributed by atoms with Crippen LogP contribution in [0.25, 0.3) is 0 Å². The minimum absolute atomic E-state index is 0.415. The average Bonchev–Trinajstić information content (AvgIpc) is 3.50.